The predicted octanol–water partition coefficient (Wildman–Crippen LogP) is 0.558. The second kappa shape index (κ2) is 2.84. The number of carbonyl (C=O) groups is 1. The van der Waals surface area contributed by atoms with E-state index in [2.05, 4.69) is 5.32 Å². The number of hydrogen-bond donors (Lipinski definition) is 2. The van der Waals surface area contributed by atoms with Gasteiger partial charge in [-0.05, 0) is 19.9 Å². The summed E-state index contributed by atoms with van der Waals surface area (Å²) in [6.07, 6.45) is -0.340. The fraction of sp³-hybridized carbons (Fsp3) is 0.417. The monoisotopic (exact) mass is 218 g/mol. The first kappa shape index (κ1) is 9.81. The highest BCUT2D eigenvalue weighted by molar-refractivity contribution is 6.02. The van der Waals surface area contributed by atoms with E-state index in [0.29, 0.717) is 0 Å². The maximum atomic E-state index is 12.0. The average Bonchev–Trinajstić information content (AvgIpc) is 2.66. The zero-order valence-corrected chi connectivity index (χ0v) is 9.27. The standard InChI is InChI=1S/C12H14N2O2/c1-7-10(15)14-9-6-4-3-5-8(9)12(2,16)11(14)13-7/h3-7,11,13,16H,1-2H3/t7-,11-,12+/m0/s1. The van der Waals surface area contributed by atoms with Gasteiger partial charge in [0.25, 0.3) is 0 Å². The normalized spacial score (nSPS) is 36.4. The van der Waals surface area contributed by atoms with E-state index in [1.165, 1.54) is 0 Å². The Morgan fingerprint density at radius 2 is 2.12 bits per heavy atom. The number of aliphatic hydroxyl groups is 1. The molecule has 0 unspecified atom stereocenters. The number of carbonyl (C=O) groups excluding carboxylic acids is 1. The first-order chi connectivity index (χ1) is 7.53. The highest BCUT2D eigenvalue weighted by Crippen LogP contribution is 2.44. The summed E-state index contributed by atoms with van der Waals surface area (Å²) in [6.45, 7) is 3.56. The molecule has 1 aromatic carbocycles. The van der Waals surface area contributed by atoms with Gasteiger partial charge in [0.15, 0.2) is 0 Å². The molecule has 84 valence electrons. The lowest BCUT2D eigenvalue weighted by atomic mass is 9.96. The van der Waals surface area contributed by atoms with Crippen LogP contribution in [-0.4, -0.2) is 23.2 Å². The van der Waals surface area contributed by atoms with Crippen LogP contribution in [0.1, 0.15) is 19.4 Å². The lowest BCUT2D eigenvalue weighted by Crippen LogP contribution is -2.47. The topological polar surface area (TPSA) is 52.6 Å². The van der Waals surface area contributed by atoms with Crippen LogP contribution in [0.2, 0.25) is 0 Å². The summed E-state index contributed by atoms with van der Waals surface area (Å²) >= 11 is 0. The van der Waals surface area contributed by atoms with Gasteiger partial charge in [0.1, 0.15) is 11.8 Å². The Hall–Kier alpha value is -1.39. The van der Waals surface area contributed by atoms with Crippen LogP contribution in [0, 0.1) is 0 Å². The molecule has 3 atom stereocenters. The van der Waals surface area contributed by atoms with Gasteiger partial charge in [-0.1, -0.05) is 18.2 Å². The summed E-state index contributed by atoms with van der Waals surface area (Å²) < 4.78 is 0. The van der Waals surface area contributed by atoms with Crippen molar-refractivity contribution in [2.45, 2.75) is 31.7 Å². The second-order valence-electron chi connectivity index (χ2n) is 4.66. The van der Waals surface area contributed by atoms with Gasteiger partial charge in [-0.15, -0.1) is 0 Å². The zero-order chi connectivity index (χ0) is 11.5. The van der Waals surface area contributed by atoms with Gasteiger partial charge >= 0.3 is 0 Å². The van der Waals surface area contributed by atoms with Gasteiger partial charge in [-0.25, -0.2) is 0 Å². The highest BCUT2D eigenvalue weighted by atomic mass is 16.3. The van der Waals surface area contributed by atoms with Crippen molar-refractivity contribution in [1.29, 1.82) is 0 Å². The van der Waals surface area contributed by atoms with E-state index < -0.39 is 5.60 Å². The van der Waals surface area contributed by atoms with Gasteiger partial charge in [0.05, 0.1) is 11.7 Å². The van der Waals surface area contributed by atoms with Crippen molar-refractivity contribution in [1.82, 2.24) is 5.32 Å². The largest absolute Gasteiger partial charge is 0.382 e. The minimum Gasteiger partial charge on any atom is -0.382 e. The molecule has 0 radical (unpaired) electrons. The molecule has 4 heteroatoms. The third-order valence-corrected chi connectivity index (χ3v) is 3.52. The van der Waals surface area contributed by atoms with Crippen LogP contribution < -0.4 is 10.2 Å². The number of fused-ring (bicyclic) bond motifs is 3. The summed E-state index contributed by atoms with van der Waals surface area (Å²) in [5, 5.41) is 13.6. The number of hydrogen-bond acceptors (Lipinski definition) is 3. The Bertz CT molecular complexity index is 470. The maximum absolute atomic E-state index is 12.0. The van der Waals surface area contributed by atoms with Crippen LogP contribution in [0.3, 0.4) is 0 Å². The Balaban J connectivity index is 2.20. The van der Waals surface area contributed by atoms with Crippen molar-refractivity contribution in [2.75, 3.05) is 4.90 Å². The van der Waals surface area contributed by atoms with Crippen molar-refractivity contribution in [3.05, 3.63) is 29.8 Å². The fourth-order valence-electron chi connectivity index (χ4n) is 2.65. The molecule has 2 N–H and O–H groups in total. The molecule has 1 aromatic rings. The van der Waals surface area contributed by atoms with Crippen LogP contribution in [0.15, 0.2) is 24.3 Å². The molecular weight excluding hydrogens is 204 g/mol. The van der Waals surface area contributed by atoms with E-state index in [4.69, 9.17) is 0 Å². The second-order valence-corrected chi connectivity index (χ2v) is 4.66. The summed E-state index contributed by atoms with van der Waals surface area (Å²) in [5.41, 5.74) is 0.615. The number of nitrogens with one attached hydrogen (secondary N) is 1. The molecule has 4 nitrogen and oxygen atoms in total. The number of amides is 1. The fourth-order valence-corrected chi connectivity index (χ4v) is 2.65. The van der Waals surface area contributed by atoms with Gasteiger partial charge in [-0.3, -0.25) is 15.0 Å². The Kier molecular flexibility index (Phi) is 1.74. The Labute approximate surface area is 93.9 Å². The summed E-state index contributed by atoms with van der Waals surface area (Å²) in [5.74, 6) is 0.0234. The molecular formula is C12H14N2O2. The van der Waals surface area contributed by atoms with Crippen molar-refractivity contribution in [3.8, 4) is 0 Å². The average molecular weight is 218 g/mol. The van der Waals surface area contributed by atoms with Gasteiger partial charge in [0.2, 0.25) is 5.91 Å². The number of nitrogens with zero attached hydrogens (tertiary/aromatic N) is 1. The van der Waals surface area contributed by atoms with Crippen molar-refractivity contribution in [3.63, 3.8) is 0 Å². The SMILES string of the molecule is C[C@@H]1N[C@H]2N(C1=O)c1ccccc1[C@@]2(C)O. The van der Waals surface area contributed by atoms with Gasteiger partial charge in [0, 0.05) is 5.56 Å². The quantitative estimate of drug-likeness (QED) is 0.669. The van der Waals surface area contributed by atoms with Crippen LogP contribution in [0.25, 0.3) is 0 Å². The van der Waals surface area contributed by atoms with E-state index >= 15 is 0 Å². The van der Waals surface area contributed by atoms with Crippen LogP contribution in [0.5, 0.6) is 0 Å². The zero-order valence-electron chi connectivity index (χ0n) is 9.27. The third kappa shape index (κ3) is 0.982. The van der Waals surface area contributed by atoms with Crippen LogP contribution in [0.4, 0.5) is 5.69 Å². The first-order valence-corrected chi connectivity index (χ1v) is 5.44. The van der Waals surface area contributed by atoms with E-state index in [-0.39, 0.29) is 18.1 Å². The number of para-hydroxylation sites is 1. The number of anilines is 1. The molecule has 16 heavy (non-hydrogen) atoms. The molecule has 2 aliphatic heterocycles. The van der Waals surface area contributed by atoms with Crippen LogP contribution >= 0.6 is 0 Å². The molecule has 0 aliphatic carbocycles. The Morgan fingerprint density at radius 1 is 1.44 bits per heavy atom. The molecule has 1 saturated heterocycles. The molecule has 0 spiro atoms. The molecule has 0 aromatic heterocycles. The minimum atomic E-state index is -1.02. The van der Waals surface area contributed by atoms with Crippen LogP contribution in [-0.2, 0) is 10.4 Å². The lowest BCUT2D eigenvalue weighted by Gasteiger charge is -2.26. The highest BCUT2D eigenvalue weighted by Gasteiger charge is 2.54. The predicted molar refractivity (Wildman–Crippen MR) is 59.9 cm³/mol. The summed E-state index contributed by atoms with van der Waals surface area (Å²) in [6, 6.07) is 7.27. The summed E-state index contributed by atoms with van der Waals surface area (Å²) in [4.78, 5) is 13.7. The smallest absolute Gasteiger partial charge is 0.245 e. The van der Waals surface area contributed by atoms with Gasteiger partial charge < -0.3 is 5.11 Å². The molecule has 0 bridgehead atoms. The number of benzene rings is 1. The van der Waals surface area contributed by atoms with Crippen molar-refractivity contribution in [2.24, 2.45) is 0 Å². The van der Waals surface area contributed by atoms with E-state index in [1.807, 2.05) is 31.2 Å². The van der Waals surface area contributed by atoms with E-state index in [1.54, 1.807) is 11.8 Å². The molecule has 1 fully saturated rings. The third-order valence-electron chi connectivity index (χ3n) is 3.52. The molecule has 2 aliphatic rings. The number of rotatable bonds is 0. The maximum Gasteiger partial charge on any atom is 0.245 e. The van der Waals surface area contributed by atoms with E-state index in [0.717, 1.165) is 11.3 Å². The lowest BCUT2D eigenvalue weighted by molar-refractivity contribution is -0.118. The van der Waals surface area contributed by atoms with Crippen molar-refractivity contribution < 1.29 is 9.90 Å². The molecule has 2 heterocycles. The minimum absolute atomic E-state index is 0.0234. The van der Waals surface area contributed by atoms with E-state index in [9.17, 15) is 9.90 Å². The summed E-state index contributed by atoms with van der Waals surface area (Å²) in [7, 11) is 0. The van der Waals surface area contributed by atoms with Gasteiger partial charge in [-0.2, -0.15) is 0 Å². The molecule has 1 amide bonds. The Morgan fingerprint density at radius 3 is 2.88 bits per heavy atom. The molecule has 3 rings (SSSR count). The first-order valence-electron chi connectivity index (χ1n) is 5.44. The molecule has 0 saturated carbocycles. The van der Waals surface area contributed by atoms with Crippen molar-refractivity contribution >= 4 is 11.6 Å².